The molecular formula is C22H26N2O5S. The number of fused-ring (bicyclic) bond motifs is 1. The summed E-state index contributed by atoms with van der Waals surface area (Å²) in [6, 6.07) is 11.5. The van der Waals surface area contributed by atoms with Crippen LogP contribution in [0.3, 0.4) is 0 Å². The van der Waals surface area contributed by atoms with Crippen molar-refractivity contribution in [1.82, 2.24) is 9.62 Å². The van der Waals surface area contributed by atoms with Gasteiger partial charge in [0.2, 0.25) is 10.0 Å². The molecule has 0 unspecified atom stereocenters. The summed E-state index contributed by atoms with van der Waals surface area (Å²) in [5, 5.41) is 2.93. The third-order valence-electron chi connectivity index (χ3n) is 5.46. The number of nitrogens with zero attached hydrogens (tertiary/aromatic N) is 1. The van der Waals surface area contributed by atoms with Crippen molar-refractivity contribution >= 4 is 15.9 Å². The van der Waals surface area contributed by atoms with Crippen LogP contribution < -0.4 is 14.8 Å². The molecule has 0 aromatic heterocycles. The molecular weight excluding hydrogens is 404 g/mol. The Kier molecular flexibility index (Phi) is 5.97. The lowest BCUT2D eigenvalue weighted by Crippen LogP contribution is -2.35. The predicted octanol–water partition coefficient (Wildman–Crippen LogP) is 3.12. The van der Waals surface area contributed by atoms with E-state index in [9.17, 15) is 13.2 Å². The Balaban J connectivity index is 1.49. The number of amides is 1. The average Bonchev–Trinajstić information content (AvgIpc) is 2.79. The van der Waals surface area contributed by atoms with Gasteiger partial charge in [-0.15, -0.1) is 0 Å². The van der Waals surface area contributed by atoms with Gasteiger partial charge in [0.15, 0.2) is 11.5 Å². The highest BCUT2D eigenvalue weighted by atomic mass is 32.2. The molecule has 0 aliphatic carbocycles. The molecule has 0 saturated carbocycles. The van der Waals surface area contributed by atoms with Crippen LogP contribution in [0.15, 0.2) is 47.4 Å². The van der Waals surface area contributed by atoms with Crippen LogP contribution in [0.2, 0.25) is 0 Å². The standard InChI is InChI=1S/C22H26N2O5S/c1-16(17-8-9-20-21(15-17)29-13-12-28-20)23-22(25)18-6-5-7-19(14-18)30(26,27)24-10-3-2-4-11-24/h5-9,14-16H,2-4,10-13H2,1H3,(H,23,25)/t16-/m0/s1. The van der Waals surface area contributed by atoms with Gasteiger partial charge in [-0.1, -0.05) is 18.6 Å². The van der Waals surface area contributed by atoms with Crippen molar-refractivity contribution in [2.45, 2.75) is 37.1 Å². The van der Waals surface area contributed by atoms with Crippen LogP contribution in [-0.4, -0.2) is 44.9 Å². The Morgan fingerprint density at radius 1 is 1.00 bits per heavy atom. The topological polar surface area (TPSA) is 84.9 Å². The monoisotopic (exact) mass is 430 g/mol. The summed E-state index contributed by atoms with van der Waals surface area (Å²) in [4.78, 5) is 13.0. The first-order chi connectivity index (χ1) is 14.4. The maximum Gasteiger partial charge on any atom is 0.251 e. The Hall–Kier alpha value is -2.58. The average molecular weight is 431 g/mol. The third kappa shape index (κ3) is 4.29. The van der Waals surface area contributed by atoms with Crippen molar-refractivity contribution in [2.75, 3.05) is 26.3 Å². The zero-order valence-electron chi connectivity index (χ0n) is 17.0. The lowest BCUT2D eigenvalue weighted by Gasteiger charge is -2.26. The number of carbonyl (C=O) groups excluding carboxylic acids is 1. The van der Waals surface area contributed by atoms with Crippen molar-refractivity contribution in [3.8, 4) is 11.5 Å². The van der Waals surface area contributed by atoms with Gasteiger partial charge in [0, 0.05) is 18.7 Å². The molecule has 8 heteroatoms. The van der Waals surface area contributed by atoms with Crippen molar-refractivity contribution < 1.29 is 22.7 Å². The molecule has 0 radical (unpaired) electrons. The van der Waals surface area contributed by atoms with Crippen LogP contribution in [0, 0.1) is 0 Å². The van der Waals surface area contributed by atoms with E-state index in [0.717, 1.165) is 24.8 Å². The maximum atomic E-state index is 12.9. The molecule has 160 valence electrons. The summed E-state index contributed by atoms with van der Waals surface area (Å²) < 4.78 is 38.5. The first-order valence-corrected chi connectivity index (χ1v) is 11.7. The SMILES string of the molecule is C[C@H](NC(=O)c1cccc(S(=O)(=O)N2CCCCC2)c1)c1ccc2c(c1)OCCO2. The molecule has 2 aromatic carbocycles. The molecule has 1 N–H and O–H groups in total. The van der Waals surface area contributed by atoms with E-state index in [-0.39, 0.29) is 16.8 Å². The molecule has 1 atom stereocenters. The molecule has 30 heavy (non-hydrogen) atoms. The quantitative estimate of drug-likeness (QED) is 0.788. The summed E-state index contributed by atoms with van der Waals surface area (Å²) in [6.07, 6.45) is 2.78. The van der Waals surface area contributed by atoms with E-state index in [1.165, 1.54) is 10.4 Å². The minimum Gasteiger partial charge on any atom is -0.486 e. The van der Waals surface area contributed by atoms with E-state index >= 15 is 0 Å². The number of rotatable bonds is 5. The van der Waals surface area contributed by atoms with E-state index in [2.05, 4.69) is 5.32 Å². The fourth-order valence-corrected chi connectivity index (χ4v) is 5.31. The van der Waals surface area contributed by atoms with Gasteiger partial charge < -0.3 is 14.8 Å². The van der Waals surface area contributed by atoms with Gasteiger partial charge in [-0.25, -0.2) is 8.42 Å². The second-order valence-electron chi connectivity index (χ2n) is 7.59. The van der Waals surface area contributed by atoms with E-state index in [4.69, 9.17) is 9.47 Å². The van der Waals surface area contributed by atoms with Gasteiger partial charge in [-0.05, 0) is 55.7 Å². The van der Waals surface area contributed by atoms with Crippen LogP contribution in [0.5, 0.6) is 11.5 Å². The molecule has 1 saturated heterocycles. The number of sulfonamides is 1. The molecule has 1 fully saturated rings. The normalized spacial score (nSPS) is 17.9. The first kappa shape index (κ1) is 20.7. The van der Waals surface area contributed by atoms with Gasteiger partial charge in [-0.2, -0.15) is 4.31 Å². The molecule has 2 aliphatic rings. The Morgan fingerprint density at radius 2 is 1.73 bits per heavy atom. The molecule has 0 spiro atoms. The number of carbonyl (C=O) groups is 1. The Labute approximate surface area is 177 Å². The maximum absolute atomic E-state index is 12.9. The van der Waals surface area contributed by atoms with Crippen LogP contribution in [0.1, 0.15) is 48.1 Å². The molecule has 2 heterocycles. The fourth-order valence-electron chi connectivity index (χ4n) is 3.74. The first-order valence-electron chi connectivity index (χ1n) is 10.3. The number of benzene rings is 2. The van der Waals surface area contributed by atoms with Crippen molar-refractivity contribution in [1.29, 1.82) is 0 Å². The summed E-state index contributed by atoms with van der Waals surface area (Å²) in [6.45, 7) is 3.95. The highest BCUT2D eigenvalue weighted by molar-refractivity contribution is 7.89. The highest BCUT2D eigenvalue weighted by Crippen LogP contribution is 2.32. The van der Waals surface area contributed by atoms with Crippen LogP contribution in [-0.2, 0) is 10.0 Å². The molecule has 0 bridgehead atoms. The number of piperidine rings is 1. The van der Waals surface area contributed by atoms with E-state index in [1.54, 1.807) is 18.2 Å². The Morgan fingerprint density at radius 3 is 2.50 bits per heavy atom. The fraction of sp³-hybridized carbons (Fsp3) is 0.409. The molecule has 4 rings (SSSR count). The largest absolute Gasteiger partial charge is 0.486 e. The smallest absolute Gasteiger partial charge is 0.251 e. The Bertz CT molecular complexity index is 1030. The van der Waals surface area contributed by atoms with Gasteiger partial charge >= 0.3 is 0 Å². The van der Waals surface area contributed by atoms with Gasteiger partial charge in [0.25, 0.3) is 5.91 Å². The summed E-state index contributed by atoms with van der Waals surface area (Å²) in [7, 11) is -3.59. The zero-order valence-corrected chi connectivity index (χ0v) is 17.8. The van der Waals surface area contributed by atoms with Crippen LogP contribution in [0.4, 0.5) is 0 Å². The number of hydrogen-bond acceptors (Lipinski definition) is 5. The van der Waals surface area contributed by atoms with E-state index in [0.29, 0.717) is 43.4 Å². The summed E-state index contributed by atoms with van der Waals surface area (Å²) in [5.41, 5.74) is 1.20. The number of hydrogen-bond donors (Lipinski definition) is 1. The van der Waals surface area contributed by atoms with Crippen LogP contribution in [0.25, 0.3) is 0 Å². The lowest BCUT2D eigenvalue weighted by molar-refractivity contribution is 0.0939. The van der Waals surface area contributed by atoms with E-state index in [1.807, 2.05) is 25.1 Å². The predicted molar refractivity (Wildman–Crippen MR) is 112 cm³/mol. The van der Waals surface area contributed by atoms with E-state index < -0.39 is 10.0 Å². The minimum absolute atomic E-state index is 0.157. The van der Waals surface area contributed by atoms with Crippen LogP contribution >= 0.6 is 0 Å². The molecule has 1 amide bonds. The third-order valence-corrected chi connectivity index (χ3v) is 7.36. The molecule has 2 aliphatic heterocycles. The molecule has 7 nitrogen and oxygen atoms in total. The minimum atomic E-state index is -3.59. The number of ether oxygens (including phenoxy) is 2. The summed E-state index contributed by atoms with van der Waals surface area (Å²) in [5.74, 6) is 1.03. The summed E-state index contributed by atoms with van der Waals surface area (Å²) >= 11 is 0. The number of nitrogens with one attached hydrogen (secondary N) is 1. The van der Waals surface area contributed by atoms with Crippen molar-refractivity contribution in [3.05, 3.63) is 53.6 Å². The lowest BCUT2D eigenvalue weighted by atomic mass is 10.1. The zero-order chi connectivity index (χ0) is 21.1. The van der Waals surface area contributed by atoms with Gasteiger partial charge in [-0.3, -0.25) is 4.79 Å². The molecule has 2 aromatic rings. The van der Waals surface area contributed by atoms with Gasteiger partial charge in [0.1, 0.15) is 13.2 Å². The second-order valence-corrected chi connectivity index (χ2v) is 9.53. The highest BCUT2D eigenvalue weighted by Gasteiger charge is 2.26. The van der Waals surface area contributed by atoms with Crippen molar-refractivity contribution in [3.63, 3.8) is 0 Å². The second kappa shape index (κ2) is 8.65. The van der Waals surface area contributed by atoms with Gasteiger partial charge in [0.05, 0.1) is 10.9 Å². The van der Waals surface area contributed by atoms with Crippen molar-refractivity contribution in [2.24, 2.45) is 0 Å².